The van der Waals surface area contributed by atoms with Crippen molar-refractivity contribution in [1.82, 2.24) is 4.90 Å². The van der Waals surface area contributed by atoms with E-state index in [0.717, 1.165) is 19.4 Å². The van der Waals surface area contributed by atoms with Crippen molar-refractivity contribution in [1.29, 1.82) is 0 Å². The second kappa shape index (κ2) is 6.02. The van der Waals surface area contributed by atoms with Gasteiger partial charge in [-0.3, -0.25) is 4.79 Å². The molecule has 0 aliphatic carbocycles. The minimum atomic E-state index is -0.552. The number of rotatable bonds is 3. The van der Waals surface area contributed by atoms with E-state index in [1.165, 1.54) is 12.1 Å². The number of nitrogen functional groups attached to an aromatic ring is 1. The molecule has 104 valence electrons. The van der Waals surface area contributed by atoms with Crippen molar-refractivity contribution in [2.75, 3.05) is 32.5 Å². The molecule has 1 amide bonds. The normalized spacial score (nSPS) is 16.6. The number of ether oxygens (including phenoxy) is 1. The van der Waals surface area contributed by atoms with Crippen LogP contribution in [-0.2, 0) is 4.74 Å². The summed E-state index contributed by atoms with van der Waals surface area (Å²) in [5, 5.41) is 0. The number of carbonyl (C=O) groups is 1. The molecule has 0 unspecified atom stereocenters. The molecule has 0 bridgehead atoms. The maximum absolute atomic E-state index is 13.7. The maximum Gasteiger partial charge on any atom is 0.256 e. The van der Waals surface area contributed by atoms with Gasteiger partial charge in [0.15, 0.2) is 0 Å². The van der Waals surface area contributed by atoms with Gasteiger partial charge in [0.2, 0.25) is 0 Å². The summed E-state index contributed by atoms with van der Waals surface area (Å²) in [4.78, 5) is 13.9. The molecule has 0 atom stereocenters. The number of hydrogen-bond acceptors (Lipinski definition) is 3. The van der Waals surface area contributed by atoms with E-state index in [2.05, 4.69) is 0 Å². The molecule has 1 aromatic rings. The molecule has 1 saturated heterocycles. The predicted molar refractivity (Wildman–Crippen MR) is 71.3 cm³/mol. The quantitative estimate of drug-likeness (QED) is 0.850. The molecule has 1 heterocycles. The third-order valence-electron chi connectivity index (χ3n) is 3.53. The molecule has 1 aliphatic heterocycles. The number of likely N-dealkylation sites (tertiary alicyclic amines) is 1. The molecule has 1 aromatic carbocycles. The summed E-state index contributed by atoms with van der Waals surface area (Å²) in [6.45, 7) is 2.02. The van der Waals surface area contributed by atoms with Crippen molar-refractivity contribution in [2.24, 2.45) is 5.92 Å². The second-order valence-electron chi connectivity index (χ2n) is 4.93. The summed E-state index contributed by atoms with van der Waals surface area (Å²) in [7, 11) is 1.68. The molecule has 0 aromatic heterocycles. The number of nitrogens with two attached hydrogens (primary N) is 1. The van der Waals surface area contributed by atoms with Crippen molar-refractivity contribution in [3.05, 3.63) is 29.6 Å². The first-order valence-electron chi connectivity index (χ1n) is 6.45. The Morgan fingerprint density at radius 2 is 2.16 bits per heavy atom. The lowest BCUT2D eigenvalue weighted by molar-refractivity contribution is 0.0609. The molecule has 19 heavy (non-hydrogen) atoms. The Kier molecular flexibility index (Phi) is 4.37. The number of carbonyl (C=O) groups excluding carboxylic acids is 1. The van der Waals surface area contributed by atoms with E-state index in [9.17, 15) is 9.18 Å². The molecular weight excluding hydrogens is 247 g/mol. The van der Waals surface area contributed by atoms with Crippen LogP contribution in [0.4, 0.5) is 10.1 Å². The number of methoxy groups -OCH3 is 1. The second-order valence-corrected chi connectivity index (χ2v) is 4.93. The predicted octanol–water partition coefficient (Wildman–Crippen LogP) is 1.91. The van der Waals surface area contributed by atoms with Crippen molar-refractivity contribution in [2.45, 2.75) is 12.8 Å². The lowest BCUT2D eigenvalue weighted by Gasteiger charge is -2.31. The first kappa shape index (κ1) is 13.8. The number of nitrogens with zero attached hydrogens (tertiary/aromatic N) is 1. The first-order chi connectivity index (χ1) is 9.11. The Morgan fingerprint density at radius 3 is 2.74 bits per heavy atom. The monoisotopic (exact) mass is 266 g/mol. The third-order valence-corrected chi connectivity index (χ3v) is 3.53. The fourth-order valence-electron chi connectivity index (χ4n) is 2.41. The topological polar surface area (TPSA) is 55.6 Å². The van der Waals surface area contributed by atoms with E-state index in [1.54, 1.807) is 18.1 Å². The van der Waals surface area contributed by atoms with Gasteiger partial charge in [-0.25, -0.2) is 4.39 Å². The minimum absolute atomic E-state index is 0.0967. The lowest BCUT2D eigenvalue weighted by atomic mass is 9.97. The summed E-state index contributed by atoms with van der Waals surface area (Å²) < 4.78 is 18.8. The lowest BCUT2D eigenvalue weighted by Crippen LogP contribution is -2.39. The SMILES string of the molecule is COCC1CCN(C(=O)c2ccc(N)cc2F)CC1. The Balaban J connectivity index is 2.01. The zero-order valence-corrected chi connectivity index (χ0v) is 11.1. The standard InChI is InChI=1S/C14H19FN2O2/c1-19-9-10-4-6-17(7-5-10)14(18)12-3-2-11(16)8-13(12)15/h2-3,8,10H,4-7,9,16H2,1H3. The number of amides is 1. The van der Waals surface area contributed by atoms with Gasteiger partial charge in [-0.2, -0.15) is 0 Å². The Labute approximate surface area is 112 Å². The van der Waals surface area contributed by atoms with Gasteiger partial charge in [0.05, 0.1) is 5.56 Å². The summed E-state index contributed by atoms with van der Waals surface area (Å²) in [6.07, 6.45) is 1.80. The number of piperidine rings is 1. The van der Waals surface area contributed by atoms with Crippen LogP contribution in [0.2, 0.25) is 0 Å². The van der Waals surface area contributed by atoms with Crippen LogP contribution in [0.25, 0.3) is 0 Å². The Morgan fingerprint density at radius 1 is 1.47 bits per heavy atom. The van der Waals surface area contributed by atoms with E-state index in [-0.39, 0.29) is 11.5 Å². The first-order valence-corrected chi connectivity index (χ1v) is 6.45. The van der Waals surface area contributed by atoms with Gasteiger partial charge in [-0.15, -0.1) is 0 Å². The number of benzene rings is 1. The Hall–Kier alpha value is -1.62. The van der Waals surface area contributed by atoms with Gasteiger partial charge in [0.1, 0.15) is 5.82 Å². The van der Waals surface area contributed by atoms with Gasteiger partial charge < -0.3 is 15.4 Å². The van der Waals surface area contributed by atoms with Crippen molar-refractivity contribution in [3.8, 4) is 0 Å². The number of hydrogen-bond donors (Lipinski definition) is 1. The highest BCUT2D eigenvalue weighted by Crippen LogP contribution is 2.21. The van der Waals surface area contributed by atoms with Crippen LogP contribution in [0.15, 0.2) is 18.2 Å². The van der Waals surface area contributed by atoms with Crippen LogP contribution < -0.4 is 5.73 Å². The third kappa shape index (κ3) is 3.23. The molecule has 1 fully saturated rings. The average Bonchev–Trinajstić information content (AvgIpc) is 2.39. The maximum atomic E-state index is 13.7. The van der Waals surface area contributed by atoms with Gasteiger partial charge in [-0.05, 0) is 37.0 Å². The van der Waals surface area contributed by atoms with Gasteiger partial charge >= 0.3 is 0 Å². The molecule has 2 rings (SSSR count). The van der Waals surface area contributed by atoms with E-state index in [4.69, 9.17) is 10.5 Å². The molecular formula is C14H19FN2O2. The van der Waals surface area contributed by atoms with Crippen LogP contribution in [0.3, 0.4) is 0 Å². The molecule has 2 N–H and O–H groups in total. The largest absolute Gasteiger partial charge is 0.399 e. The van der Waals surface area contributed by atoms with Crippen molar-refractivity contribution < 1.29 is 13.9 Å². The molecule has 0 radical (unpaired) electrons. The van der Waals surface area contributed by atoms with Gasteiger partial charge in [0.25, 0.3) is 5.91 Å². The van der Waals surface area contributed by atoms with Crippen LogP contribution in [0.5, 0.6) is 0 Å². The highest BCUT2D eigenvalue weighted by Gasteiger charge is 2.25. The summed E-state index contributed by atoms with van der Waals surface area (Å²) in [6, 6.07) is 4.19. The van der Waals surface area contributed by atoms with Crippen molar-refractivity contribution in [3.63, 3.8) is 0 Å². The fourth-order valence-corrected chi connectivity index (χ4v) is 2.41. The number of anilines is 1. The molecule has 5 heteroatoms. The van der Waals surface area contributed by atoms with Crippen LogP contribution in [0, 0.1) is 11.7 Å². The van der Waals surface area contributed by atoms with Crippen LogP contribution in [0.1, 0.15) is 23.2 Å². The minimum Gasteiger partial charge on any atom is -0.399 e. The van der Waals surface area contributed by atoms with Gasteiger partial charge in [0, 0.05) is 32.5 Å². The average molecular weight is 266 g/mol. The smallest absolute Gasteiger partial charge is 0.256 e. The summed E-state index contributed by atoms with van der Waals surface area (Å²) >= 11 is 0. The highest BCUT2D eigenvalue weighted by atomic mass is 19.1. The van der Waals surface area contributed by atoms with Crippen LogP contribution >= 0.6 is 0 Å². The van der Waals surface area contributed by atoms with E-state index >= 15 is 0 Å². The van der Waals surface area contributed by atoms with E-state index in [0.29, 0.717) is 24.7 Å². The molecule has 0 saturated carbocycles. The number of halogens is 1. The summed E-state index contributed by atoms with van der Waals surface area (Å²) in [5.41, 5.74) is 5.90. The molecule has 1 aliphatic rings. The fraction of sp³-hybridized carbons (Fsp3) is 0.500. The zero-order chi connectivity index (χ0) is 13.8. The van der Waals surface area contributed by atoms with Crippen molar-refractivity contribution >= 4 is 11.6 Å². The van der Waals surface area contributed by atoms with E-state index in [1.807, 2.05) is 0 Å². The highest BCUT2D eigenvalue weighted by molar-refractivity contribution is 5.94. The Bertz CT molecular complexity index is 457. The zero-order valence-electron chi connectivity index (χ0n) is 11.1. The van der Waals surface area contributed by atoms with E-state index < -0.39 is 5.82 Å². The van der Waals surface area contributed by atoms with Gasteiger partial charge in [-0.1, -0.05) is 0 Å². The van der Waals surface area contributed by atoms with Crippen LogP contribution in [-0.4, -0.2) is 37.6 Å². The summed E-state index contributed by atoms with van der Waals surface area (Å²) in [5.74, 6) is -0.317. The molecule has 4 nitrogen and oxygen atoms in total. The molecule has 0 spiro atoms.